The van der Waals surface area contributed by atoms with Gasteiger partial charge in [-0.3, -0.25) is 9.20 Å². The Labute approximate surface area is 233 Å². The molecule has 41 heavy (non-hydrogen) atoms. The van der Waals surface area contributed by atoms with Crippen LogP contribution in [0.15, 0.2) is 68.0 Å². The molecule has 1 amide bonds. The summed E-state index contributed by atoms with van der Waals surface area (Å²) >= 11 is 0. The minimum atomic E-state index is -0.594. The minimum Gasteiger partial charge on any atom is -0.493 e. The molecule has 0 spiro atoms. The number of methoxy groups -OCH3 is 1. The third-order valence-electron chi connectivity index (χ3n) is 6.71. The summed E-state index contributed by atoms with van der Waals surface area (Å²) in [6, 6.07) is 9.60. The summed E-state index contributed by atoms with van der Waals surface area (Å²) in [6.45, 7) is 4.72. The summed E-state index contributed by atoms with van der Waals surface area (Å²) in [5.74, 6) is 1.02. The monoisotopic (exact) mass is 556 g/mol. The zero-order valence-electron chi connectivity index (χ0n) is 22.0. The highest BCUT2D eigenvalue weighted by atomic mass is 19.1. The van der Waals surface area contributed by atoms with E-state index in [2.05, 4.69) is 37.0 Å². The van der Waals surface area contributed by atoms with Crippen LogP contribution in [0.5, 0.6) is 23.1 Å². The van der Waals surface area contributed by atoms with Crippen molar-refractivity contribution in [2.45, 2.75) is 18.9 Å². The Morgan fingerprint density at radius 1 is 1.07 bits per heavy atom. The summed E-state index contributed by atoms with van der Waals surface area (Å²) in [6.07, 6.45) is 6.98. The van der Waals surface area contributed by atoms with Crippen LogP contribution in [-0.2, 0) is 4.79 Å². The first kappa shape index (κ1) is 25.9. The molecular weight excluding hydrogens is 531 g/mol. The van der Waals surface area contributed by atoms with Crippen molar-refractivity contribution in [3.05, 3.63) is 73.9 Å². The van der Waals surface area contributed by atoms with Crippen LogP contribution in [0.25, 0.3) is 16.6 Å². The SMILES string of the molecule is C=CC(=O)N1CCC(Oc2cc3c(Nc4ccc(Oc5cc6nncn6cn5)c(F)c4)ncnc3cc2OC)CC1. The Kier molecular flexibility index (Phi) is 6.98. The molecule has 2 aromatic carbocycles. The van der Waals surface area contributed by atoms with E-state index in [1.165, 1.54) is 37.2 Å². The number of halogens is 1. The first-order valence-corrected chi connectivity index (χ1v) is 12.8. The average molecular weight is 557 g/mol. The normalized spacial score (nSPS) is 13.8. The molecule has 4 heterocycles. The largest absolute Gasteiger partial charge is 0.493 e. The van der Waals surface area contributed by atoms with Gasteiger partial charge < -0.3 is 24.4 Å². The number of hydrogen-bond donors (Lipinski definition) is 1. The molecule has 0 aliphatic carbocycles. The van der Waals surface area contributed by atoms with Crippen molar-refractivity contribution in [3.63, 3.8) is 0 Å². The van der Waals surface area contributed by atoms with E-state index in [1.54, 1.807) is 40.7 Å². The number of carbonyl (C=O) groups is 1. The van der Waals surface area contributed by atoms with Gasteiger partial charge in [0.05, 0.1) is 12.6 Å². The van der Waals surface area contributed by atoms with Crippen molar-refractivity contribution in [1.29, 1.82) is 0 Å². The molecule has 5 aromatic rings. The molecule has 0 saturated carbocycles. The van der Waals surface area contributed by atoms with Crippen LogP contribution in [0.3, 0.4) is 0 Å². The van der Waals surface area contributed by atoms with Crippen LogP contribution in [-0.4, -0.2) is 66.7 Å². The van der Waals surface area contributed by atoms with Crippen molar-refractivity contribution in [3.8, 4) is 23.1 Å². The lowest BCUT2D eigenvalue weighted by atomic mass is 10.1. The van der Waals surface area contributed by atoms with Gasteiger partial charge in [0.15, 0.2) is 28.7 Å². The van der Waals surface area contributed by atoms with E-state index in [1.807, 2.05) is 0 Å². The molecule has 0 radical (unpaired) electrons. The maximum absolute atomic E-state index is 15.0. The van der Waals surface area contributed by atoms with Crippen LogP contribution in [0.1, 0.15) is 12.8 Å². The van der Waals surface area contributed by atoms with Crippen LogP contribution < -0.4 is 19.5 Å². The third-order valence-corrected chi connectivity index (χ3v) is 6.71. The number of aromatic nitrogens is 6. The lowest BCUT2D eigenvalue weighted by Gasteiger charge is -2.31. The number of hydrogen-bond acceptors (Lipinski definition) is 10. The molecule has 1 saturated heterocycles. The topological polar surface area (TPSA) is 129 Å². The van der Waals surface area contributed by atoms with E-state index in [-0.39, 0.29) is 23.6 Å². The van der Waals surface area contributed by atoms with Gasteiger partial charge in [-0.05, 0) is 24.3 Å². The molecule has 1 aliphatic heterocycles. The van der Waals surface area contributed by atoms with Gasteiger partial charge in [-0.1, -0.05) is 6.58 Å². The second-order valence-corrected chi connectivity index (χ2v) is 9.28. The van der Waals surface area contributed by atoms with Crippen molar-refractivity contribution >= 4 is 34.0 Å². The number of carbonyl (C=O) groups excluding carboxylic acids is 1. The molecule has 208 valence electrons. The van der Waals surface area contributed by atoms with Gasteiger partial charge in [0.2, 0.25) is 11.8 Å². The summed E-state index contributed by atoms with van der Waals surface area (Å²) < 4.78 is 34.1. The predicted molar refractivity (Wildman–Crippen MR) is 147 cm³/mol. The Hall–Kier alpha value is -5.33. The maximum atomic E-state index is 15.0. The molecule has 6 rings (SSSR count). The van der Waals surface area contributed by atoms with Crippen molar-refractivity contribution in [2.24, 2.45) is 0 Å². The zero-order valence-corrected chi connectivity index (χ0v) is 22.0. The number of rotatable bonds is 8. The van der Waals surface area contributed by atoms with E-state index in [0.717, 1.165) is 0 Å². The number of anilines is 2. The number of amides is 1. The number of nitrogens with one attached hydrogen (secondary N) is 1. The second kappa shape index (κ2) is 11.0. The average Bonchev–Trinajstić information content (AvgIpc) is 3.46. The molecule has 13 heteroatoms. The predicted octanol–water partition coefficient (Wildman–Crippen LogP) is 4.31. The van der Waals surface area contributed by atoms with Gasteiger partial charge in [-0.25, -0.2) is 19.3 Å². The number of nitrogens with zero attached hydrogens (tertiary/aromatic N) is 7. The van der Waals surface area contributed by atoms with E-state index >= 15 is 4.39 Å². The molecule has 0 unspecified atom stereocenters. The summed E-state index contributed by atoms with van der Waals surface area (Å²) in [5.41, 5.74) is 1.60. The standard InChI is InChI=1S/C28H25FN8O4/c1-3-27(38)36-8-6-18(7-9-36)40-24-11-19-21(12-23(24)39-2)30-14-31-28(19)34-17-4-5-22(20(29)10-17)41-26-13-25-35-33-16-37(25)15-32-26/h3-5,10-16,18H,1,6-9H2,2H3,(H,30,31,34). The molecule has 0 atom stereocenters. The maximum Gasteiger partial charge on any atom is 0.245 e. The van der Waals surface area contributed by atoms with Gasteiger partial charge >= 0.3 is 0 Å². The highest BCUT2D eigenvalue weighted by Crippen LogP contribution is 2.36. The fraction of sp³-hybridized carbons (Fsp3) is 0.214. The Morgan fingerprint density at radius 3 is 2.71 bits per heavy atom. The smallest absolute Gasteiger partial charge is 0.245 e. The van der Waals surface area contributed by atoms with Crippen molar-refractivity contribution in [2.75, 3.05) is 25.5 Å². The molecule has 3 aromatic heterocycles. The first-order chi connectivity index (χ1) is 20.0. The molecule has 1 fully saturated rings. The first-order valence-electron chi connectivity index (χ1n) is 12.8. The van der Waals surface area contributed by atoms with Gasteiger partial charge in [-0.2, -0.15) is 0 Å². The van der Waals surface area contributed by atoms with Crippen molar-refractivity contribution in [1.82, 2.24) is 34.4 Å². The Morgan fingerprint density at radius 2 is 1.93 bits per heavy atom. The highest BCUT2D eigenvalue weighted by molar-refractivity contribution is 5.93. The van der Waals surface area contributed by atoms with Crippen LogP contribution in [0.2, 0.25) is 0 Å². The van der Waals surface area contributed by atoms with Gasteiger partial charge in [0.1, 0.15) is 30.9 Å². The summed E-state index contributed by atoms with van der Waals surface area (Å²) in [4.78, 5) is 26.5. The number of piperidine rings is 1. The molecule has 12 nitrogen and oxygen atoms in total. The number of fused-ring (bicyclic) bond motifs is 2. The minimum absolute atomic E-state index is 0.000668. The number of likely N-dealkylation sites (tertiary alicyclic amines) is 1. The Balaban J connectivity index is 1.21. The van der Waals surface area contributed by atoms with E-state index in [9.17, 15) is 4.79 Å². The van der Waals surface area contributed by atoms with Crippen LogP contribution >= 0.6 is 0 Å². The van der Waals surface area contributed by atoms with Crippen LogP contribution in [0.4, 0.5) is 15.9 Å². The number of benzene rings is 2. The van der Waals surface area contributed by atoms with Crippen LogP contribution in [0, 0.1) is 5.82 Å². The lowest BCUT2D eigenvalue weighted by molar-refractivity contribution is -0.127. The molecule has 1 aliphatic rings. The Bertz CT molecular complexity index is 1750. The van der Waals surface area contributed by atoms with Gasteiger partial charge in [-0.15, -0.1) is 10.2 Å². The van der Waals surface area contributed by atoms with E-state index in [0.29, 0.717) is 65.5 Å². The molecule has 0 bridgehead atoms. The van der Waals surface area contributed by atoms with Gasteiger partial charge in [0.25, 0.3) is 0 Å². The van der Waals surface area contributed by atoms with Crippen molar-refractivity contribution < 1.29 is 23.4 Å². The second-order valence-electron chi connectivity index (χ2n) is 9.28. The molecular formula is C28H25FN8O4. The molecule has 1 N–H and O–H groups in total. The number of ether oxygens (including phenoxy) is 3. The zero-order chi connectivity index (χ0) is 28.3. The fourth-order valence-electron chi connectivity index (χ4n) is 4.60. The fourth-order valence-corrected chi connectivity index (χ4v) is 4.60. The summed E-state index contributed by atoms with van der Waals surface area (Å²) in [7, 11) is 1.56. The summed E-state index contributed by atoms with van der Waals surface area (Å²) in [5, 5.41) is 11.5. The lowest BCUT2D eigenvalue weighted by Crippen LogP contribution is -2.41. The quantitative estimate of drug-likeness (QED) is 0.276. The van der Waals surface area contributed by atoms with Gasteiger partial charge in [0, 0.05) is 55.2 Å². The van der Waals surface area contributed by atoms with E-state index in [4.69, 9.17) is 14.2 Å². The third kappa shape index (κ3) is 5.41. The van der Waals surface area contributed by atoms with E-state index < -0.39 is 5.82 Å². The highest BCUT2D eigenvalue weighted by Gasteiger charge is 2.24.